The Kier molecular flexibility index (Phi) is 6.24. The number of alkyl halides is 3. The van der Waals surface area contributed by atoms with Crippen molar-refractivity contribution in [2.45, 2.75) is 31.7 Å². The number of ether oxygens (including phenoxy) is 2. The zero-order valence-corrected chi connectivity index (χ0v) is 13.2. The Labute approximate surface area is 141 Å². The molecule has 1 heterocycles. The van der Waals surface area contributed by atoms with E-state index in [1.165, 1.54) is 12.1 Å². The first-order valence-electron chi connectivity index (χ1n) is 7.67. The molecule has 6 nitrogen and oxygen atoms in total. The third-order valence-corrected chi connectivity index (χ3v) is 3.73. The van der Waals surface area contributed by atoms with Crippen LogP contribution in [0.2, 0.25) is 0 Å². The number of hydrogen-bond donors (Lipinski definition) is 2. The molecule has 2 rings (SSSR count). The van der Waals surface area contributed by atoms with Gasteiger partial charge >= 0.3 is 12.3 Å². The number of rotatable bonds is 7. The summed E-state index contributed by atoms with van der Waals surface area (Å²) in [6, 6.07) is 3.91. The molecule has 1 aliphatic heterocycles. The van der Waals surface area contributed by atoms with Gasteiger partial charge in [0.05, 0.1) is 12.5 Å². The zero-order chi connectivity index (χ0) is 18.4. The Morgan fingerprint density at radius 3 is 2.52 bits per heavy atom. The maximum Gasteiger partial charge on any atom is 0.573 e. The highest BCUT2D eigenvalue weighted by molar-refractivity contribution is 5.78. The van der Waals surface area contributed by atoms with E-state index in [9.17, 15) is 22.8 Å². The van der Waals surface area contributed by atoms with Gasteiger partial charge in [-0.25, -0.2) is 0 Å². The number of amides is 1. The molecule has 138 valence electrons. The fourth-order valence-corrected chi connectivity index (χ4v) is 2.59. The molecular formula is C16H18F3NO5. The molecule has 0 unspecified atom stereocenters. The molecule has 9 heteroatoms. The van der Waals surface area contributed by atoms with Crippen LogP contribution in [0.5, 0.6) is 5.75 Å². The molecule has 0 bridgehead atoms. The molecule has 1 aromatic carbocycles. The minimum Gasteiger partial charge on any atom is -0.481 e. The van der Waals surface area contributed by atoms with Crippen molar-refractivity contribution in [2.24, 2.45) is 5.92 Å². The number of carbonyl (C=O) groups excluding carboxylic acids is 1. The first-order chi connectivity index (χ1) is 11.7. The van der Waals surface area contributed by atoms with Gasteiger partial charge in [0.1, 0.15) is 5.75 Å². The van der Waals surface area contributed by atoms with Crippen molar-refractivity contribution in [2.75, 3.05) is 13.2 Å². The standard InChI is InChI=1S/C16H18F3NO5/c17-16(18,19)25-12-3-1-11(2-4-12)13(8-15(22)23)20-14(21)7-10-5-6-24-9-10/h1-4,10,13H,5-9H2,(H,20,21)(H,22,23)/t10-,13-/m0/s1. The quantitative estimate of drug-likeness (QED) is 0.780. The Morgan fingerprint density at radius 2 is 2.00 bits per heavy atom. The minimum atomic E-state index is -4.81. The van der Waals surface area contributed by atoms with E-state index < -0.39 is 24.1 Å². The lowest BCUT2D eigenvalue weighted by Crippen LogP contribution is -2.31. The normalized spacial score (nSPS) is 18.6. The van der Waals surface area contributed by atoms with Gasteiger partial charge in [-0.2, -0.15) is 0 Å². The van der Waals surface area contributed by atoms with Crippen LogP contribution >= 0.6 is 0 Å². The predicted octanol–water partition coefficient (Wildman–Crippen LogP) is 2.64. The highest BCUT2D eigenvalue weighted by Gasteiger charge is 2.31. The molecule has 1 aromatic rings. The fraction of sp³-hybridized carbons (Fsp3) is 0.500. The van der Waals surface area contributed by atoms with Gasteiger partial charge in [0.15, 0.2) is 0 Å². The Bertz CT molecular complexity index is 597. The van der Waals surface area contributed by atoms with E-state index in [2.05, 4.69) is 10.1 Å². The molecule has 0 saturated carbocycles. The molecule has 1 aliphatic rings. The molecule has 0 spiro atoms. The molecule has 2 N–H and O–H groups in total. The van der Waals surface area contributed by atoms with Gasteiger partial charge in [-0.15, -0.1) is 13.2 Å². The number of carboxylic acids is 1. The summed E-state index contributed by atoms with van der Waals surface area (Å²) in [6.45, 7) is 1.08. The number of hydrogen-bond acceptors (Lipinski definition) is 4. The highest BCUT2D eigenvalue weighted by Crippen LogP contribution is 2.26. The molecule has 25 heavy (non-hydrogen) atoms. The van der Waals surface area contributed by atoms with Crippen LogP contribution in [0.25, 0.3) is 0 Å². The van der Waals surface area contributed by atoms with E-state index in [0.717, 1.165) is 18.6 Å². The summed E-state index contributed by atoms with van der Waals surface area (Å²) in [5.41, 5.74) is 0.382. The molecule has 0 aromatic heterocycles. The van der Waals surface area contributed by atoms with Crippen molar-refractivity contribution >= 4 is 11.9 Å². The Hall–Kier alpha value is -2.29. The lowest BCUT2D eigenvalue weighted by molar-refractivity contribution is -0.274. The number of carbonyl (C=O) groups is 2. The summed E-state index contributed by atoms with van der Waals surface area (Å²) < 4.78 is 45.5. The van der Waals surface area contributed by atoms with Crippen LogP contribution < -0.4 is 10.1 Å². The second-order valence-corrected chi connectivity index (χ2v) is 5.77. The van der Waals surface area contributed by atoms with Crippen molar-refractivity contribution in [1.29, 1.82) is 0 Å². The zero-order valence-electron chi connectivity index (χ0n) is 13.2. The summed E-state index contributed by atoms with van der Waals surface area (Å²) in [7, 11) is 0. The molecule has 0 aliphatic carbocycles. The highest BCUT2D eigenvalue weighted by atomic mass is 19.4. The number of benzene rings is 1. The van der Waals surface area contributed by atoms with Crippen LogP contribution in [0.4, 0.5) is 13.2 Å². The fourth-order valence-electron chi connectivity index (χ4n) is 2.59. The van der Waals surface area contributed by atoms with Crippen molar-refractivity contribution in [3.05, 3.63) is 29.8 Å². The maximum absolute atomic E-state index is 12.2. The van der Waals surface area contributed by atoms with E-state index in [4.69, 9.17) is 9.84 Å². The predicted molar refractivity (Wildman–Crippen MR) is 79.8 cm³/mol. The number of carboxylic acid groups (broad SMARTS) is 1. The maximum atomic E-state index is 12.2. The molecule has 1 fully saturated rings. The van der Waals surface area contributed by atoms with Crippen molar-refractivity contribution < 1.29 is 37.3 Å². The molecule has 0 radical (unpaired) electrons. The van der Waals surface area contributed by atoms with Crippen LogP contribution in [-0.4, -0.2) is 36.6 Å². The number of nitrogens with one attached hydrogen (secondary N) is 1. The lowest BCUT2D eigenvalue weighted by Gasteiger charge is -2.19. The van der Waals surface area contributed by atoms with Gasteiger partial charge in [0.2, 0.25) is 5.91 Å². The van der Waals surface area contributed by atoms with Gasteiger partial charge < -0.3 is 19.9 Å². The van der Waals surface area contributed by atoms with E-state index in [1.807, 2.05) is 0 Å². The summed E-state index contributed by atoms with van der Waals surface area (Å²) >= 11 is 0. The van der Waals surface area contributed by atoms with Gasteiger partial charge in [-0.3, -0.25) is 9.59 Å². The van der Waals surface area contributed by atoms with E-state index in [0.29, 0.717) is 18.8 Å². The number of halogens is 3. The Morgan fingerprint density at radius 1 is 1.32 bits per heavy atom. The SMILES string of the molecule is O=C(O)C[C@H](NC(=O)C[C@@H]1CCOC1)c1ccc(OC(F)(F)F)cc1. The summed E-state index contributed by atoms with van der Waals surface area (Å²) in [6.07, 6.45) is -4.21. The monoisotopic (exact) mass is 361 g/mol. The average molecular weight is 361 g/mol. The second-order valence-electron chi connectivity index (χ2n) is 5.77. The van der Waals surface area contributed by atoms with E-state index >= 15 is 0 Å². The third-order valence-electron chi connectivity index (χ3n) is 3.73. The Balaban J connectivity index is 2.02. The topological polar surface area (TPSA) is 84.9 Å². The van der Waals surface area contributed by atoms with Crippen molar-refractivity contribution in [1.82, 2.24) is 5.32 Å². The molecular weight excluding hydrogens is 343 g/mol. The number of aliphatic carboxylic acids is 1. The second kappa shape index (κ2) is 8.19. The first-order valence-corrected chi connectivity index (χ1v) is 7.67. The third kappa shape index (κ3) is 6.61. The largest absolute Gasteiger partial charge is 0.573 e. The molecule has 2 atom stereocenters. The van der Waals surface area contributed by atoms with Crippen molar-refractivity contribution in [3.63, 3.8) is 0 Å². The molecule has 1 saturated heterocycles. The minimum absolute atomic E-state index is 0.0908. The van der Waals surface area contributed by atoms with Crippen molar-refractivity contribution in [3.8, 4) is 5.75 Å². The van der Waals surface area contributed by atoms with Gasteiger partial charge in [-0.05, 0) is 30.0 Å². The van der Waals surface area contributed by atoms with Gasteiger partial charge in [-0.1, -0.05) is 12.1 Å². The summed E-state index contributed by atoms with van der Waals surface area (Å²) in [5.74, 6) is -1.78. The van der Waals surface area contributed by atoms with Crippen LogP contribution in [0, 0.1) is 5.92 Å². The van der Waals surface area contributed by atoms with Crippen LogP contribution in [-0.2, 0) is 14.3 Å². The van der Waals surface area contributed by atoms with E-state index in [1.54, 1.807) is 0 Å². The molecule has 1 amide bonds. The van der Waals surface area contributed by atoms with Crippen LogP contribution in [0.15, 0.2) is 24.3 Å². The van der Waals surface area contributed by atoms with Crippen LogP contribution in [0.1, 0.15) is 30.9 Å². The first kappa shape index (κ1) is 19.0. The van der Waals surface area contributed by atoms with E-state index in [-0.39, 0.29) is 24.7 Å². The van der Waals surface area contributed by atoms with Gasteiger partial charge in [0, 0.05) is 19.6 Å². The smallest absolute Gasteiger partial charge is 0.481 e. The lowest BCUT2D eigenvalue weighted by atomic mass is 10.0. The van der Waals surface area contributed by atoms with Gasteiger partial charge in [0.25, 0.3) is 0 Å². The summed E-state index contributed by atoms with van der Waals surface area (Å²) in [5, 5.41) is 11.6. The summed E-state index contributed by atoms with van der Waals surface area (Å²) in [4.78, 5) is 23.1. The van der Waals surface area contributed by atoms with Crippen LogP contribution in [0.3, 0.4) is 0 Å². The average Bonchev–Trinajstić information content (AvgIpc) is 2.98.